The summed E-state index contributed by atoms with van der Waals surface area (Å²) in [5, 5.41) is 1.48. The second-order valence-electron chi connectivity index (χ2n) is 6.35. The molecule has 2 fully saturated rings. The van der Waals surface area contributed by atoms with Gasteiger partial charge in [-0.25, -0.2) is 0 Å². The molecule has 0 N–H and O–H groups in total. The topological polar surface area (TPSA) is 6.48 Å². The summed E-state index contributed by atoms with van der Waals surface area (Å²) in [6.45, 7) is 8.11. The van der Waals surface area contributed by atoms with Gasteiger partial charge in [-0.1, -0.05) is 37.0 Å². The molecule has 0 saturated carbocycles. The van der Waals surface area contributed by atoms with E-state index in [9.17, 15) is 0 Å². The van der Waals surface area contributed by atoms with E-state index in [0.29, 0.717) is 23.0 Å². The molecule has 110 valence electrons. The predicted molar refractivity (Wildman–Crippen MR) is 87.0 cm³/mol. The third kappa shape index (κ3) is 2.66. The SMILES string of the molecule is CC(C)C1CN2CCCC2CN1c1ccc(Cl)cc1Cl. The van der Waals surface area contributed by atoms with Crippen molar-refractivity contribution >= 4 is 28.9 Å². The molecule has 2 aliphatic rings. The number of nitrogens with zero attached hydrogens (tertiary/aromatic N) is 2. The third-order valence-electron chi connectivity index (χ3n) is 4.72. The lowest BCUT2D eigenvalue weighted by molar-refractivity contribution is 0.176. The summed E-state index contributed by atoms with van der Waals surface area (Å²) in [6, 6.07) is 7.10. The Bertz CT molecular complexity index is 489. The van der Waals surface area contributed by atoms with E-state index in [0.717, 1.165) is 23.8 Å². The molecule has 1 aromatic rings. The summed E-state index contributed by atoms with van der Waals surface area (Å²) in [7, 11) is 0. The molecule has 0 spiro atoms. The molecule has 2 aliphatic heterocycles. The zero-order valence-electron chi connectivity index (χ0n) is 12.1. The molecule has 20 heavy (non-hydrogen) atoms. The van der Waals surface area contributed by atoms with Gasteiger partial charge in [0.15, 0.2) is 0 Å². The van der Waals surface area contributed by atoms with Gasteiger partial charge in [0, 0.05) is 30.2 Å². The Labute approximate surface area is 131 Å². The van der Waals surface area contributed by atoms with Crippen LogP contribution in [0.15, 0.2) is 18.2 Å². The molecule has 0 aromatic heterocycles. The van der Waals surface area contributed by atoms with E-state index in [2.05, 4.69) is 29.7 Å². The van der Waals surface area contributed by atoms with Crippen molar-refractivity contribution in [3.8, 4) is 0 Å². The average Bonchev–Trinajstić information content (AvgIpc) is 2.84. The van der Waals surface area contributed by atoms with Crippen molar-refractivity contribution in [3.05, 3.63) is 28.2 Å². The maximum absolute atomic E-state index is 6.44. The molecule has 3 rings (SSSR count). The minimum absolute atomic E-state index is 0.531. The van der Waals surface area contributed by atoms with E-state index in [-0.39, 0.29) is 0 Å². The second-order valence-corrected chi connectivity index (χ2v) is 7.19. The van der Waals surface area contributed by atoms with Gasteiger partial charge in [0.25, 0.3) is 0 Å². The number of hydrogen-bond donors (Lipinski definition) is 0. The molecule has 0 amide bonds. The maximum Gasteiger partial charge on any atom is 0.0654 e. The zero-order chi connectivity index (χ0) is 14.3. The summed E-state index contributed by atoms with van der Waals surface area (Å²) in [5.41, 5.74) is 1.14. The number of fused-ring (bicyclic) bond motifs is 1. The van der Waals surface area contributed by atoms with E-state index < -0.39 is 0 Å². The van der Waals surface area contributed by atoms with Crippen molar-refractivity contribution in [2.45, 2.75) is 38.8 Å². The minimum Gasteiger partial charge on any atom is -0.364 e. The first-order valence-electron chi connectivity index (χ1n) is 7.52. The molecular weight excluding hydrogens is 291 g/mol. The molecule has 0 bridgehead atoms. The minimum atomic E-state index is 0.531. The van der Waals surface area contributed by atoms with E-state index in [4.69, 9.17) is 23.2 Å². The Balaban J connectivity index is 1.91. The van der Waals surface area contributed by atoms with Gasteiger partial charge >= 0.3 is 0 Å². The van der Waals surface area contributed by atoms with Gasteiger partial charge in [0.2, 0.25) is 0 Å². The van der Waals surface area contributed by atoms with Crippen LogP contribution in [-0.2, 0) is 0 Å². The Kier molecular flexibility index (Phi) is 4.16. The fourth-order valence-electron chi connectivity index (χ4n) is 3.61. The number of rotatable bonds is 2. The highest BCUT2D eigenvalue weighted by Gasteiger charge is 2.38. The van der Waals surface area contributed by atoms with Gasteiger partial charge in [-0.05, 0) is 43.5 Å². The first-order chi connectivity index (χ1) is 9.56. The van der Waals surface area contributed by atoms with Crippen molar-refractivity contribution in [3.63, 3.8) is 0 Å². The fourth-order valence-corrected chi connectivity index (χ4v) is 4.12. The molecule has 2 unspecified atom stereocenters. The number of benzene rings is 1. The third-order valence-corrected chi connectivity index (χ3v) is 5.25. The normalized spacial score (nSPS) is 27.1. The van der Waals surface area contributed by atoms with Crippen molar-refractivity contribution in [1.82, 2.24) is 4.90 Å². The first-order valence-corrected chi connectivity index (χ1v) is 8.27. The molecule has 2 atom stereocenters. The molecule has 2 nitrogen and oxygen atoms in total. The lowest BCUT2D eigenvalue weighted by atomic mass is 9.96. The maximum atomic E-state index is 6.44. The summed E-state index contributed by atoms with van der Waals surface area (Å²) >= 11 is 12.5. The Morgan fingerprint density at radius 3 is 2.70 bits per heavy atom. The average molecular weight is 313 g/mol. The number of halogens is 2. The fraction of sp³-hybridized carbons (Fsp3) is 0.625. The standard InChI is InChI=1S/C16H22Cl2N2/c1-11(2)16-10-19-7-3-4-13(19)9-20(16)15-6-5-12(17)8-14(15)18/h5-6,8,11,13,16H,3-4,7,9-10H2,1-2H3. The van der Waals surface area contributed by atoms with Crippen LogP contribution in [-0.4, -0.2) is 36.6 Å². The van der Waals surface area contributed by atoms with Crippen molar-refractivity contribution < 1.29 is 0 Å². The molecule has 2 heterocycles. The molecule has 4 heteroatoms. The quantitative estimate of drug-likeness (QED) is 0.803. The zero-order valence-corrected chi connectivity index (χ0v) is 13.7. The molecule has 0 aliphatic carbocycles. The van der Waals surface area contributed by atoms with Gasteiger partial charge in [-0.15, -0.1) is 0 Å². The van der Waals surface area contributed by atoms with Gasteiger partial charge in [0.1, 0.15) is 0 Å². The van der Waals surface area contributed by atoms with Crippen LogP contribution in [0.4, 0.5) is 5.69 Å². The van der Waals surface area contributed by atoms with Crippen LogP contribution < -0.4 is 4.90 Å². The molecule has 2 saturated heterocycles. The Morgan fingerprint density at radius 2 is 2.00 bits per heavy atom. The van der Waals surface area contributed by atoms with Gasteiger partial charge in [0.05, 0.1) is 10.7 Å². The predicted octanol–water partition coefficient (Wildman–Crippen LogP) is 4.30. The van der Waals surface area contributed by atoms with E-state index >= 15 is 0 Å². The van der Waals surface area contributed by atoms with Crippen LogP contribution in [0, 0.1) is 5.92 Å². The lowest BCUT2D eigenvalue weighted by Gasteiger charge is -2.47. The summed E-state index contributed by atoms with van der Waals surface area (Å²) in [6.07, 6.45) is 2.64. The van der Waals surface area contributed by atoms with Crippen LogP contribution >= 0.6 is 23.2 Å². The number of piperazine rings is 1. The van der Waals surface area contributed by atoms with E-state index in [1.807, 2.05) is 12.1 Å². The second kappa shape index (κ2) is 5.75. The number of hydrogen-bond acceptors (Lipinski definition) is 2. The Hall–Kier alpha value is -0.440. The molecule has 1 aromatic carbocycles. The largest absolute Gasteiger partial charge is 0.364 e. The van der Waals surface area contributed by atoms with Gasteiger partial charge in [-0.3, -0.25) is 4.90 Å². The molecule has 0 radical (unpaired) electrons. The van der Waals surface area contributed by atoms with Gasteiger partial charge in [-0.2, -0.15) is 0 Å². The summed E-state index contributed by atoms with van der Waals surface area (Å²) in [5.74, 6) is 0.614. The highest BCUT2D eigenvalue weighted by molar-refractivity contribution is 6.36. The van der Waals surface area contributed by atoms with Crippen molar-refractivity contribution in [2.75, 3.05) is 24.5 Å². The lowest BCUT2D eigenvalue weighted by Crippen LogP contribution is -2.58. The van der Waals surface area contributed by atoms with E-state index in [1.54, 1.807) is 0 Å². The van der Waals surface area contributed by atoms with Crippen LogP contribution in [0.5, 0.6) is 0 Å². The number of anilines is 1. The summed E-state index contributed by atoms with van der Waals surface area (Å²) in [4.78, 5) is 5.17. The first kappa shape index (κ1) is 14.5. The smallest absolute Gasteiger partial charge is 0.0654 e. The monoisotopic (exact) mass is 312 g/mol. The van der Waals surface area contributed by atoms with Crippen LogP contribution in [0.1, 0.15) is 26.7 Å². The Morgan fingerprint density at radius 1 is 1.20 bits per heavy atom. The summed E-state index contributed by atoms with van der Waals surface area (Å²) < 4.78 is 0. The van der Waals surface area contributed by atoms with Crippen molar-refractivity contribution in [2.24, 2.45) is 5.92 Å². The van der Waals surface area contributed by atoms with Crippen LogP contribution in [0.2, 0.25) is 10.0 Å². The van der Waals surface area contributed by atoms with Crippen LogP contribution in [0.25, 0.3) is 0 Å². The van der Waals surface area contributed by atoms with E-state index in [1.165, 1.54) is 19.4 Å². The highest BCUT2D eigenvalue weighted by Crippen LogP contribution is 2.36. The van der Waals surface area contributed by atoms with Gasteiger partial charge < -0.3 is 4.90 Å². The molecular formula is C16H22Cl2N2. The van der Waals surface area contributed by atoms with Crippen LogP contribution in [0.3, 0.4) is 0 Å². The highest BCUT2D eigenvalue weighted by atomic mass is 35.5. The van der Waals surface area contributed by atoms with Crippen molar-refractivity contribution in [1.29, 1.82) is 0 Å².